The van der Waals surface area contributed by atoms with E-state index in [-0.39, 0.29) is 6.42 Å². The molecular weight excluding hydrogens is 185 g/mol. The first-order valence-corrected chi connectivity index (χ1v) is 4.84. The van der Waals surface area contributed by atoms with Gasteiger partial charge in [0.2, 0.25) is 0 Å². The van der Waals surface area contributed by atoms with Crippen molar-refractivity contribution in [2.75, 3.05) is 0 Å². The van der Waals surface area contributed by atoms with Gasteiger partial charge in [0.15, 0.2) is 0 Å². The molecule has 5 nitrogen and oxygen atoms in total. The molecule has 0 aromatic heterocycles. The molecule has 6 heteroatoms. The highest BCUT2D eigenvalue weighted by Gasteiger charge is 2.41. The first-order chi connectivity index (χ1) is 6.46. The van der Waals surface area contributed by atoms with Crippen LogP contribution in [0.4, 0.5) is 0 Å². The van der Waals surface area contributed by atoms with Crippen LogP contribution in [0.25, 0.3) is 0 Å². The topological polar surface area (TPSA) is 104 Å². The van der Waals surface area contributed by atoms with Crippen LogP contribution in [-0.4, -0.2) is 33.8 Å². The molecule has 14 heavy (non-hydrogen) atoms. The average Bonchev–Trinajstić information content (AvgIpc) is 2.28. The van der Waals surface area contributed by atoms with Crippen molar-refractivity contribution in [1.29, 1.82) is 0 Å². The summed E-state index contributed by atoms with van der Waals surface area (Å²) in [7, 11) is -1.46. The monoisotopic (exact) mass is 201 g/mol. The van der Waals surface area contributed by atoms with E-state index in [0.717, 1.165) is 12.8 Å². The van der Waals surface area contributed by atoms with E-state index in [1.807, 2.05) is 0 Å². The second kappa shape index (κ2) is 4.29. The van der Waals surface area contributed by atoms with E-state index in [0.29, 0.717) is 12.8 Å². The minimum absolute atomic E-state index is 0.139. The Morgan fingerprint density at radius 3 is 2.57 bits per heavy atom. The molecule has 0 aliphatic heterocycles. The predicted molar refractivity (Wildman–Crippen MR) is 51.6 cm³/mol. The summed E-state index contributed by atoms with van der Waals surface area (Å²) >= 11 is 0. The number of hydrogen-bond acceptors (Lipinski definition) is 4. The molecule has 1 fully saturated rings. The van der Waals surface area contributed by atoms with E-state index in [1.165, 1.54) is 0 Å². The number of carboxylic acids is 1. The molecule has 1 saturated carbocycles. The van der Waals surface area contributed by atoms with Gasteiger partial charge in [-0.1, -0.05) is 19.3 Å². The fraction of sp³-hybridized carbons (Fsp3) is 0.875. The van der Waals surface area contributed by atoms with Gasteiger partial charge in [0.25, 0.3) is 0 Å². The smallest absolute Gasteiger partial charge is 0.454 e. The lowest BCUT2D eigenvalue weighted by atomic mass is 9.66. The van der Waals surface area contributed by atoms with Crippen molar-refractivity contribution in [3.8, 4) is 0 Å². The average molecular weight is 201 g/mol. The molecule has 0 amide bonds. The number of carbonyl (C=O) groups is 1. The molecule has 80 valence electrons. The van der Waals surface area contributed by atoms with Crippen LogP contribution in [0.2, 0.25) is 5.82 Å². The number of aliphatic carboxylic acids is 1. The minimum atomic E-state index is -1.46. The minimum Gasteiger partial charge on any atom is -0.480 e. The lowest BCUT2D eigenvalue weighted by Gasteiger charge is -2.25. The van der Waals surface area contributed by atoms with Gasteiger partial charge in [-0.15, -0.1) is 0 Å². The number of carboxylic acid groups (broad SMARTS) is 1. The number of rotatable bonds is 2. The van der Waals surface area contributed by atoms with Gasteiger partial charge in [-0.3, -0.25) is 4.79 Å². The van der Waals surface area contributed by atoms with E-state index in [2.05, 4.69) is 0 Å². The maximum atomic E-state index is 10.9. The molecule has 0 bridgehead atoms. The van der Waals surface area contributed by atoms with Gasteiger partial charge in [-0.05, 0) is 18.7 Å². The van der Waals surface area contributed by atoms with E-state index in [9.17, 15) is 4.79 Å². The first kappa shape index (κ1) is 11.5. The Kier molecular flexibility index (Phi) is 3.52. The molecule has 1 aliphatic carbocycles. The SMILES string of the molecule is N[C@@]1(C(=O)O)CCCCC(B(O)O)C1. The van der Waals surface area contributed by atoms with Crippen LogP contribution in [0.5, 0.6) is 0 Å². The van der Waals surface area contributed by atoms with E-state index in [1.54, 1.807) is 0 Å². The Balaban J connectivity index is 2.73. The van der Waals surface area contributed by atoms with Crippen molar-refractivity contribution in [3.05, 3.63) is 0 Å². The van der Waals surface area contributed by atoms with Crippen LogP contribution < -0.4 is 5.73 Å². The molecular formula is C8H16BNO4. The van der Waals surface area contributed by atoms with Crippen LogP contribution >= 0.6 is 0 Å². The zero-order valence-corrected chi connectivity index (χ0v) is 8.02. The maximum absolute atomic E-state index is 10.9. The summed E-state index contributed by atoms with van der Waals surface area (Å²) < 4.78 is 0. The first-order valence-electron chi connectivity index (χ1n) is 4.84. The Morgan fingerprint density at radius 1 is 1.43 bits per heavy atom. The van der Waals surface area contributed by atoms with Crippen molar-refractivity contribution in [1.82, 2.24) is 0 Å². The third-order valence-electron chi connectivity index (χ3n) is 2.92. The van der Waals surface area contributed by atoms with Gasteiger partial charge >= 0.3 is 13.1 Å². The summed E-state index contributed by atoms with van der Waals surface area (Å²) in [6.07, 6.45) is 2.70. The van der Waals surface area contributed by atoms with E-state index < -0.39 is 24.4 Å². The highest BCUT2D eigenvalue weighted by Crippen LogP contribution is 2.33. The normalized spacial score (nSPS) is 33.5. The molecule has 0 aromatic carbocycles. The molecule has 0 aromatic rings. The maximum Gasteiger partial charge on any atom is 0.454 e. The van der Waals surface area contributed by atoms with Gasteiger partial charge in [-0.2, -0.15) is 0 Å². The van der Waals surface area contributed by atoms with Gasteiger partial charge in [0.05, 0.1) is 0 Å². The Bertz CT molecular complexity index is 223. The summed E-state index contributed by atoms with van der Waals surface area (Å²) in [5.74, 6) is -1.47. The summed E-state index contributed by atoms with van der Waals surface area (Å²) in [4.78, 5) is 10.9. The fourth-order valence-corrected chi connectivity index (χ4v) is 1.97. The molecule has 5 N–H and O–H groups in total. The molecule has 1 unspecified atom stereocenters. The largest absolute Gasteiger partial charge is 0.480 e. The fourth-order valence-electron chi connectivity index (χ4n) is 1.97. The van der Waals surface area contributed by atoms with Crippen LogP contribution in [0.1, 0.15) is 32.1 Å². The van der Waals surface area contributed by atoms with Crippen molar-refractivity contribution in [2.45, 2.75) is 43.5 Å². The predicted octanol–water partition coefficient (Wildman–Crippen LogP) is -0.424. The van der Waals surface area contributed by atoms with Crippen LogP contribution in [0.15, 0.2) is 0 Å². The zero-order valence-electron chi connectivity index (χ0n) is 8.02. The lowest BCUT2D eigenvalue weighted by Crippen LogP contribution is -2.49. The standard InChI is InChI=1S/C8H16BNO4/c10-8(7(11)12)4-2-1-3-6(5-8)9(13)14/h6,13-14H,1-5,10H2,(H,11,12)/t6?,8-/m0/s1. The van der Waals surface area contributed by atoms with Gasteiger partial charge in [0, 0.05) is 0 Å². The molecule has 1 aliphatic rings. The van der Waals surface area contributed by atoms with Crippen molar-refractivity contribution in [2.24, 2.45) is 5.73 Å². The van der Waals surface area contributed by atoms with Crippen molar-refractivity contribution < 1.29 is 19.9 Å². The molecule has 0 spiro atoms. The van der Waals surface area contributed by atoms with Gasteiger partial charge < -0.3 is 20.9 Å². The van der Waals surface area contributed by atoms with Gasteiger partial charge in [-0.25, -0.2) is 0 Å². The van der Waals surface area contributed by atoms with Gasteiger partial charge in [0.1, 0.15) is 5.54 Å². The molecule has 0 saturated heterocycles. The number of hydrogen-bond donors (Lipinski definition) is 4. The summed E-state index contributed by atoms with van der Waals surface area (Å²) in [6, 6.07) is 0. The highest BCUT2D eigenvalue weighted by atomic mass is 16.4. The quantitative estimate of drug-likeness (QED) is 0.358. The third-order valence-corrected chi connectivity index (χ3v) is 2.92. The second-order valence-electron chi connectivity index (χ2n) is 4.08. The summed E-state index contributed by atoms with van der Waals surface area (Å²) in [5, 5.41) is 27.0. The van der Waals surface area contributed by atoms with Crippen LogP contribution in [-0.2, 0) is 4.79 Å². The third kappa shape index (κ3) is 2.46. The second-order valence-corrected chi connectivity index (χ2v) is 4.08. The molecule has 0 radical (unpaired) electrons. The molecule has 1 rings (SSSR count). The van der Waals surface area contributed by atoms with Crippen molar-refractivity contribution >= 4 is 13.1 Å². The Hall–Kier alpha value is -0.585. The van der Waals surface area contributed by atoms with Crippen LogP contribution in [0.3, 0.4) is 0 Å². The summed E-state index contributed by atoms with van der Waals surface area (Å²) in [5.41, 5.74) is 4.42. The Labute approximate surface area is 83.1 Å². The molecule has 2 atom stereocenters. The summed E-state index contributed by atoms with van der Waals surface area (Å²) in [6.45, 7) is 0. The zero-order chi connectivity index (χ0) is 10.8. The highest BCUT2D eigenvalue weighted by molar-refractivity contribution is 6.43. The molecule has 0 heterocycles. The van der Waals surface area contributed by atoms with Crippen LogP contribution in [0, 0.1) is 0 Å². The Morgan fingerprint density at radius 2 is 2.07 bits per heavy atom. The van der Waals surface area contributed by atoms with Crippen molar-refractivity contribution in [3.63, 3.8) is 0 Å². The number of nitrogens with two attached hydrogens (primary N) is 1. The van der Waals surface area contributed by atoms with E-state index in [4.69, 9.17) is 20.9 Å². The lowest BCUT2D eigenvalue weighted by molar-refractivity contribution is -0.143. The van der Waals surface area contributed by atoms with E-state index >= 15 is 0 Å².